The van der Waals surface area contributed by atoms with Gasteiger partial charge in [-0.1, -0.05) is 22.0 Å². The smallest absolute Gasteiger partial charge is 0.160 e. The summed E-state index contributed by atoms with van der Waals surface area (Å²) in [6.45, 7) is 3.69. The average Bonchev–Trinajstić information content (AvgIpc) is 2.59. The highest BCUT2D eigenvalue weighted by molar-refractivity contribution is 9.10. The van der Waals surface area contributed by atoms with E-state index in [9.17, 15) is 4.39 Å². The highest BCUT2D eigenvalue weighted by Gasteiger charge is 2.18. The van der Waals surface area contributed by atoms with Gasteiger partial charge in [0, 0.05) is 28.9 Å². The zero-order chi connectivity index (χ0) is 17.1. The molecule has 3 rings (SSSR count). The van der Waals surface area contributed by atoms with Crippen molar-refractivity contribution < 1.29 is 4.39 Å². The van der Waals surface area contributed by atoms with Gasteiger partial charge in [0.15, 0.2) is 5.82 Å². The lowest BCUT2D eigenvalue weighted by Gasteiger charge is -2.18. The zero-order valence-corrected chi connectivity index (χ0v) is 15.8. The van der Waals surface area contributed by atoms with Gasteiger partial charge in [-0.3, -0.25) is 4.99 Å². The summed E-state index contributed by atoms with van der Waals surface area (Å²) in [5.74, 6) is 1.07. The molecule has 0 amide bonds. The van der Waals surface area contributed by atoms with Crippen molar-refractivity contribution in [1.29, 1.82) is 0 Å². The Morgan fingerprint density at radius 3 is 2.92 bits per heavy atom. The van der Waals surface area contributed by atoms with Crippen LogP contribution in [0.4, 0.5) is 10.1 Å². The lowest BCUT2D eigenvalue weighted by Crippen LogP contribution is -2.30. The maximum absolute atomic E-state index is 14.7. The third-order valence-corrected chi connectivity index (χ3v) is 5.60. The Morgan fingerprint density at radius 2 is 2.17 bits per heavy atom. The predicted molar refractivity (Wildman–Crippen MR) is 103 cm³/mol. The van der Waals surface area contributed by atoms with E-state index >= 15 is 0 Å². The highest BCUT2D eigenvalue weighted by atomic mass is 79.9. The predicted octanol–water partition coefficient (Wildman–Crippen LogP) is 4.51. The number of hydrogen-bond donors (Lipinski definition) is 2. The Balaban J connectivity index is 1.92. The summed E-state index contributed by atoms with van der Waals surface area (Å²) in [5.41, 5.74) is 9.10. The minimum absolute atomic E-state index is 0.170. The average molecular weight is 408 g/mol. The summed E-state index contributed by atoms with van der Waals surface area (Å²) in [4.78, 5) is 5.05. The number of rotatable bonds is 4. The van der Waals surface area contributed by atoms with Crippen molar-refractivity contribution in [1.82, 2.24) is 5.32 Å². The molecule has 0 aliphatic carbocycles. The number of nitrogens with one attached hydrogen (secondary N) is 1. The second kappa shape index (κ2) is 7.57. The molecule has 1 aliphatic rings. The number of nitrogen functional groups attached to an aromatic ring is 1. The van der Waals surface area contributed by atoms with E-state index in [4.69, 9.17) is 5.73 Å². The van der Waals surface area contributed by atoms with Gasteiger partial charge < -0.3 is 11.1 Å². The molecule has 0 radical (unpaired) electrons. The molecule has 3 nitrogen and oxygen atoms in total. The lowest BCUT2D eigenvalue weighted by molar-refractivity contribution is 0.605. The summed E-state index contributed by atoms with van der Waals surface area (Å²) in [6.07, 6.45) is 1.00. The van der Waals surface area contributed by atoms with Crippen molar-refractivity contribution in [3.05, 3.63) is 57.3 Å². The van der Waals surface area contributed by atoms with Crippen LogP contribution < -0.4 is 11.1 Å². The van der Waals surface area contributed by atoms with Crippen LogP contribution in [0.15, 0.2) is 44.7 Å². The summed E-state index contributed by atoms with van der Waals surface area (Å²) >= 11 is 4.95. The molecule has 24 heavy (non-hydrogen) atoms. The summed E-state index contributed by atoms with van der Waals surface area (Å²) < 4.78 is 15.7. The van der Waals surface area contributed by atoms with Gasteiger partial charge in [-0.25, -0.2) is 4.39 Å². The first-order valence-electron chi connectivity index (χ1n) is 7.81. The number of amidine groups is 1. The molecule has 0 atom stereocenters. The van der Waals surface area contributed by atoms with Crippen molar-refractivity contribution in [2.24, 2.45) is 4.99 Å². The van der Waals surface area contributed by atoms with E-state index in [-0.39, 0.29) is 11.5 Å². The fourth-order valence-electron chi connectivity index (χ4n) is 2.56. The van der Waals surface area contributed by atoms with E-state index in [1.807, 2.05) is 12.1 Å². The van der Waals surface area contributed by atoms with Crippen molar-refractivity contribution in [2.75, 3.05) is 18.8 Å². The number of nitrogens with zero attached hydrogens (tertiary/aromatic N) is 1. The number of nitrogens with two attached hydrogens (primary N) is 1. The molecule has 0 fully saturated rings. The fraction of sp³-hybridized carbons (Fsp3) is 0.278. The van der Waals surface area contributed by atoms with Crippen LogP contribution in [-0.2, 0) is 5.75 Å². The van der Waals surface area contributed by atoms with Crippen LogP contribution in [0.25, 0.3) is 0 Å². The highest BCUT2D eigenvalue weighted by Crippen LogP contribution is 2.33. The molecule has 1 heterocycles. The number of halogens is 2. The van der Waals surface area contributed by atoms with Crippen LogP contribution in [0.2, 0.25) is 0 Å². The van der Waals surface area contributed by atoms with Crippen molar-refractivity contribution in [3.8, 4) is 0 Å². The zero-order valence-electron chi connectivity index (χ0n) is 13.4. The molecule has 0 aromatic heterocycles. The molecule has 6 heteroatoms. The summed E-state index contributed by atoms with van der Waals surface area (Å²) in [7, 11) is 0. The fourth-order valence-corrected chi connectivity index (χ4v) is 4.14. The number of aliphatic imine (C=N–C) groups is 1. The van der Waals surface area contributed by atoms with E-state index in [2.05, 4.69) is 45.3 Å². The molecule has 3 N–H and O–H groups in total. The minimum atomic E-state index is -0.361. The number of aryl methyl sites for hydroxylation is 1. The van der Waals surface area contributed by atoms with Gasteiger partial charge in [0.05, 0.1) is 10.6 Å². The second-order valence-corrected chi connectivity index (χ2v) is 7.62. The van der Waals surface area contributed by atoms with Gasteiger partial charge in [-0.05, 0) is 48.7 Å². The van der Waals surface area contributed by atoms with Gasteiger partial charge in [-0.15, -0.1) is 11.8 Å². The SMILES string of the molecule is Cc1ccc(Br)cc1CSc1c(C2=NCCCN2)ccc(N)c1F. The van der Waals surface area contributed by atoms with Gasteiger partial charge in [0.1, 0.15) is 5.84 Å². The van der Waals surface area contributed by atoms with Crippen LogP contribution in [0.1, 0.15) is 23.1 Å². The van der Waals surface area contributed by atoms with Crippen LogP contribution in [0, 0.1) is 12.7 Å². The summed E-state index contributed by atoms with van der Waals surface area (Å²) in [5, 5.41) is 3.26. The molecule has 0 bridgehead atoms. The van der Waals surface area contributed by atoms with Crippen molar-refractivity contribution in [2.45, 2.75) is 24.0 Å². The number of anilines is 1. The van der Waals surface area contributed by atoms with Crippen LogP contribution >= 0.6 is 27.7 Å². The van der Waals surface area contributed by atoms with Crippen LogP contribution in [-0.4, -0.2) is 18.9 Å². The Hall–Kier alpha value is -1.53. The summed E-state index contributed by atoms with van der Waals surface area (Å²) in [6, 6.07) is 9.60. The Morgan fingerprint density at radius 1 is 1.33 bits per heavy atom. The largest absolute Gasteiger partial charge is 0.396 e. The second-order valence-electron chi connectivity index (χ2n) is 5.72. The Kier molecular flexibility index (Phi) is 5.46. The maximum atomic E-state index is 14.7. The first kappa shape index (κ1) is 17.3. The van der Waals surface area contributed by atoms with Gasteiger partial charge >= 0.3 is 0 Å². The third kappa shape index (κ3) is 3.75. The number of thioether (sulfide) groups is 1. The quantitative estimate of drug-likeness (QED) is 0.578. The van der Waals surface area contributed by atoms with Crippen LogP contribution in [0.5, 0.6) is 0 Å². The van der Waals surface area contributed by atoms with E-state index in [1.165, 1.54) is 22.9 Å². The molecule has 2 aromatic rings. The maximum Gasteiger partial charge on any atom is 0.160 e. The Bertz CT molecular complexity index is 792. The van der Waals surface area contributed by atoms with Crippen molar-refractivity contribution >= 4 is 39.2 Å². The molecule has 0 saturated heterocycles. The standard InChI is InChI=1S/C18H19BrFN3S/c1-11-3-4-13(19)9-12(11)10-24-17-14(5-6-15(21)16(17)20)18-22-7-2-8-23-18/h3-6,9H,2,7-8,10,21H2,1H3,(H,22,23). The normalized spacial score (nSPS) is 14.2. The first-order valence-corrected chi connectivity index (χ1v) is 9.58. The molecule has 0 spiro atoms. The number of benzene rings is 2. The third-order valence-electron chi connectivity index (χ3n) is 3.96. The monoisotopic (exact) mass is 407 g/mol. The van der Waals surface area contributed by atoms with Crippen molar-refractivity contribution in [3.63, 3.8) is 0 Å². The molecule has 0 unspecified atom stereocenters. The Labute approximate surface area is 154 Å². The topological polar surface area (TPSA) is 50.4 Å². The van der Waals surface area contributed by atoms with E-state index < -0.39 is 0 Å². The number of hydrogen-bond acceptors (Lipinski definition) is 4. The van der Waals surface area contributed by atoms with Crippen LogP contribution in [0.3, 0.4) is 0 Å². The van der Waals surface area contributed by atoms with E-state index in [1.54, 1.807) is 6.07 Å². The molecule has 2 aromatic carbocycles. The van der Waals surface area contributed by atoms with E-state index in [0.717, 1.165) is 35.4 Å². The molecule has 0 saturated carbocycles. The van der Waals surface area contributed by atoms with Gasteiger partial charge in [-0.2, -0.15) is 0 Å². The van der Waals surface area contributed by atoms with E-state index in [0.29, 0.717) is 10.6 Å². The van der Waals surface area contributed by atoms with Gasteiger partial charge in [0.25, 0.3) is 0 Å². The molecular formula is C18H19BrFN3S. The lowest BCUT2D eigenvalue weighted by atomic mass is 10.1. The molecular weight excluding hydrogens is 389 g/mol. The first-order chi connectivity index (χ1) is 11.6. The molecule has 1 aliphatic heterocycles. The van der Waals surface area contributed by atoms with Gasteiger partial charge in [0.2, 0.25) is 0 Å². The minimum Gasteiger partial charge on any atom is -0.396 e. The molecule has 126 valence electrons.